The zero-order chi connectivity index (χ0) is 27.4. The van der Waals surface area contributed by atoms with Crippen molar-refractivity contribution < 1.29 is 19.7 Å². The van der Waals surface area contributed by atoms with Crippen LogP contribution in [0.25, 0.3) is 37.6 Å². The smallest absolute Gasteiger partial charge is 0.307 e. The van der Waals surface area contributed by atoms with Gasteiger partial charge in [0.1, 0.15) is 10.7 Å². The number of nitrogens with zero attached hydrogens (tertiary/aromatic N) is 3. The monoisotopic (exact) mass is 531 g/mol. The Balaban J connectivity index is 0.000000617. The molecule has 0 bridgehead atoms. The topological polar surface area (TPSA) is 105 Å². The molecule has 198 valence electrons. The van der Waals surface area contributed by atoms with Crippen LogP contribution in [-0.2, 0) is 16.0 Å². The molecule has 0 amide bonds. The highest BCUT2D eigenvalue weighted by molar-refractivity contribution is 7.22. The van der Waals surface area contributed by atoms with Gasteiger partial charge in [-0.2, -0.15) is 0 Å². The predicted octanol–water partition coefficient (Wildman–Crippen LogP) is 6.25. The van der Waals surface area contributed by atoms with Crippen LogP contribution in [0.1, 0.15) is 49.7 Å². The summed E-state index contributed by atoms with van der Waals surface area (Å²) in [7, 11) is 0. The first-order valence-corrected chi connectivity index (χ1v) is 13.4. The molecular weight excluding hydrogens is 498 g/mol. The average Bonchev–Trinajstić information content (AvgIpc) is 3.28. The van der Waals surface area contributed by atoms with Gasteiger partial charge in [0.2, 0.25) is 0 Å². The van der Waals surface area contributed by atoms with E-state index in [-0.39, 0.29) is 6.42 Å². The first-order valence-electron chi connectivity index (χ1n) is 12.5. The Morgan fingerprint density at radius 1 is 1.11 bits per heavy atom. The van der Waals surface area contributed by atoms with Gasteiger partial charge in [0, 0.05) is 11.8 Å². The number of hydrogen-bond donors (Lipinski definition) is 2. The standard InChI is InChI=1S/C26H23N3O3S.C4H10O/c1-15-3-5-17(6-4-15)23-19(14-22(30)31)16(2)13-21-24(23)33-26(29-21)20-7-10-27-25(28-20)18-8-11-32-12-9-18;1-4(2,3)5/h3-8,10,13H,9,11-12,14H2,1-2H3,(H,30,31);5H,1-3H3. The van der Waals surface area contributed by atoms with Gasteiger partial charge in [0.25, 0.3) is 0 Å². The summed E-state index contributed by atoms with van der Waals surface area (Å²) < 4.78 is 6.38. The number of aryl methyl sites for hydroxylation is 2. The van der Waals surface area contributed by atoms with E-state index >= 15 is 0 Å². The van der Waals surface area contributed by atoms with Gasteiger partial charge in [-0.3, -0.25) is 4.79 Å². The normalized spacial score (nSPS) is 13.6. The third kappa shape index (κ3) is 6.89. The van der Waals surface area contributed by atoms with Crippen LogP contribution in [-0.4, -0.2) is 49.9 Å². The van der Waals surface area contributed by atoms with Crippen molar-refractivity contribution in [2.75, 3.05) is 13.2 Å². The van der Waals surface area contributed by atoms with Gasteiger partial charge in [0.05, 0.1) is 35.5 Å². The van der Waals surface area contributed by atoms with Crippen LogP contribution < -0.4 is 0 Å². The number of carboxylic acid groups (broad SMARTS) is 1. The molecule has 0 spiro atoms. The van der Waals surface area contributed by atoms with E-state index in [2.05, 4.69) is 17.1 Å². The summed E-state index contributed by atoms with van der Waals surface area (Å²) in [6.45, 7) is 10.5. The number of benzene rings is 2. The number of ether oxygens (including phenoxy) is 1. The van der Waals surface area contributed by atoms with Crippen LogP contribution in [0.5, 0.6) is 0 Å². The van der Waals surface area contributed by atoms with E-state index in [1.807, 2.05) is 44.2 Å². The summed E-state index contributed by atoms with van der Waals surface area (Å²) in [5, 5.41) is 18.9. The summed E-state index contributed by atoms with van der Waals surface area (Å²) in [4.78, 5) is 25.8. The number of fused-ring (bicyclic) bond motifs is 1. The van der Waals surface area contributed by atoms with Crippen molar-refractivity contribution in [1.82, 2.24) is 15.0 Å². The summed E-state index contributed by atoms with van der Waals surface area (Å²) in [5.41, 5.74) is 7.04. The highest BCUT2D eigenvalue weighted by Crippen LogP contribution is 2.40. The molecule has 2 aromatic heterocycles. The lowest BCUT2D eigenvalue weighted by atomic mass is 9.93. The van der Waals surface area contributed by atoms with Crippen LogP contribution >= 0.6 is 11.3 Å². The molecule has 0 saturated heterocycles. The largest absolute Gasteiger partial charge is 0.481 e. The maximum atomic E-state index is 11.7. The molecule has 7 nitrogen and oxygen atoms in total. The van der Waals surface area contributed by atoms with Gasteiger partial charge in [-0.05, 0) is 75.4 Å². The number of carbonyl (C=O) groups is 1. The minimum Gasteiger partial charge on any atom is -0.481 e. The molecule has 0 aliphatic carbocycles. The lowest BCUT2D eigenvalue weighted by Crippen LogP contribution is -2.10. The average molecular weight is 532 g/mol. The molecule has 0 saturated carbocycles. The number of aliphatic carboxylic acids is 1. The second-order valence-electron chi connectivity index (χ2n) is 10.3. The molecule has 1 aliphatic heterocycles. The molecule has 2 N–H and O–H groups in total. The zero-order valence-corrected chi connectivity index (χ0v) is 23.2. The molecule has 1 aliphatic rings. The zero-order valence-electron chi connectivity index (χ0n) is 22.4. The van der Waals surface area contributed by atoms with E-state index in [9.17, 15) is 9.90 Å². The molecule has 2 aromatic carbocycles. The van der Waals surface area contributed by atoms with Gasteiger partial charge in [0.15, 0.2) is 5.82 Å². The van der Waals surface area contributed by atoms with E-state index in [4.69, 9.17) is 19.8 Å². The molecule has 0 atom stereocenters. The Bertz CT molecular complexity index is 1480. The molecule has 3 heterocycles. The molecule has 5 rings (SSSR count). The Morgan fingerprint density at radius 3 is 2.45 bits per heavy atom. The Morgan fingerprint density at radius 2 is 1.82 bits per heavy atom. The first-order chi connectivity index (χ1) is 18.0. The van der Waals surface area contributed by atoms with Crippen molar-refractivity contribution in [3.63, 3.8) is 0 Å². The number of thiazole rings is 1. The van der Waals surface area contributed by atoms with Crippen molar-refractivity contribution in [1.29, 1.82) is 0 Å². The maximum absolute atomic E-state index is 11.7. The summed E-state index contributed by atoms with van der Waals surface area (Å²) in [6, 6.07) is 12.1. The Kier molecular flexibility index (Phi) is 8.35. The van der Waals surface area contributed by atoms with Crippen LogP contribution in [0.15, 0.2) is 48.7 Å². The number of aromatic nitrogens is 3. The third-order valence-corrected chi connectivity index (χ3v) is 6.92. The predicted molar refractivity (Wildman–Crippen MR) is 152 cm³/mol. The van der Waals surface area contributed by atoms with Crippen molar-refractivity contribution >= 4 is 33.1 Å². The van der Waals surface area contributed by atoms with E-state index in [0.717, 1.165) is 60.7 Å². The molecule has 0 unspecified atom stereocenters. The minimum atomic E-state index is -0.847. The summed E-state index contributed by atoms with van der Waals surface area (Å²) in [6.07, 6.45) is 4.55. The molecule has 8 heteroatoms. The van der Waals surface area contributed by atoms with Crippen molar-refractivity contribution in [3.8, 4) is 21.8 Å². The SMILES string of the molecule is CC(C)(C)O.Cc1ccc(-c2c(CC(=O)O)c(C)cc3nc(-c4ccnc(C5=CCOCC5)n4)sc23)cc1. The van der Waals surface area contributed by atoms with Crippen molar-refractivity contribution in [3.05, 3.63) is 71.2 Å². The van der Waals surface area contributed by atoms with Crippen LogP contribution in [0.3, 0.4) is 0 Å². The molecule has 4 aromatic rings. The summed E-state index contributed by atoms with van der Waals surface area (Å²) >= 11 is 1.54. The highest BCUT2D eigenvalue weighted by atomic mass is 32.1. The van der Waals surface area contributed by atoms with Crippen LogP contribution in [0.4, 0.5) is 0 Å². The number of hydrogen-bond acceptors (Lipinski definition) is 7. The Labute approximate surface area is 226 Å². The van der Waals surface area contributed by atoms with Gasteiger partial charge in [-0.15, -0.1) is 11.3 Å². The van der Waals surface area contributed by atoms with Crippen LogP contribution in [0.2, 0.25) is 0 Å². The third-order valence-electron chi connectivity index (χ3n) is 5.80. The van der Waals surface area contributed by atoms with Gasteiger partial charge in [-0.25, -0.2) is 15.0 Å². The second-order valence-corrected chi connectivity index (χ2v) is 11.3. The number of rotatable bonds is 5. The van der Waals surface area contributed by atoms with E-state index in [0.29, 0.717) is 19.0 Å². The molecule has 0 radical (unpaired) electrons. The van der Waals surface area contributed by atoms with Crippen molar-refractivity contribution in [2.24, 2.45) is 0 Å². The number of aliphatic hydroxyl groups is 1. The van der Waals surface area contributed by atoms with E-state index in [1.54, 1.807) is 38.3 Å². The van der Waals surface area contributed by atoms with Gasteiger partial charge < -0.3 is 14.9 Å². The van der Waals surface area contributed by atoms with Gasteiger partial charge in [-0.1, -0.05) is 35.9 Å². The van der Waals surface area contributed by atoms with E-state index in [1.165, 1.54) is 0 Å². The molecular formula is C30H33N3O4S. The quantitative estimate of drug-likeness (QED) is 0.314. The minimum absolute atomic E-state index is 0.0356. The van der Waals surface area contributed by atoms with Crippen LogP contribution in [0, 0.1) is 13.8 Å². The molecule has 38 heavy (non-hydrogen) atoms. The number of carboxylic acids is 1. The fraction of sp³-hybridized carbons (Fsp3) is 0.333. The van der Waals surface area contributed by atoms with E-state index < -0.39 is 11.6 Å². The molecule has 0 fully saturated rings. The highest BCUT2D eigenvalue weighted by Gasteiger charge is 2.20. The first kappa shape index (κ1) is 27.6. The lowest BCUT2D eigenvalue weighted by molar-refractivity contribution is -0.136. The lowest BCUT2D eigenvalue weighted by Gasteiger charge is -2.13. The fourth-order valence-corrected chi connectivity index (χ4v) is 5.22. The van der Waals surface area contributed by atoms with Crippen molar-refractivity contribution in [2.45, 2.75) is 53.1 Å². The maximum Gasteiger partial charge on any atom is 0.307 e. The Hall–Kier alpha value is -3.46. The summed E-state index contributed by atoms with van der Waals surface area (Å²) in [5.74, 6) is -0.141. The van der Waals surface area contributed by atoms with Gasteiger partial charge >= 0.3 is 5.97 Å². The fourth-order valence-electron chi connectivity index (χ4n) is 4.11. The second kappa shape index (κ2) is 11.5.